The maximum Gasteiger partial charge on any atom is 0.221 e. The SMILES string of the molecule is C#CCNC(=O)CC1c2nc(Nc3cccnc3)sc2CC2C(C)(CO)C(O)CCC12C. The number of nitrogens with one attached hydrogen (secondary N) is 2. The zero-order valence-corrected chi connectivity index (χ0v) is 19.3. The third kappa shape index (κ3) is 3.90. The molecule has 2 aromatic rings. The van der Waals surface area contributed by atoms with Crippen molar-refractivity contribution in [3.05, 3.63) is 35.1 Å². The van der Waals surface area contributed by atoms with E-state index in [1.54, 1.807) is 23.7 Å². The molecular formula is C24H30N4O3S. The largest absolute Gasteiger partial charge is 0.396 e. The molecule has 170 valence electrons. The van der Waals surface area contributed by atoms with E-state index in [4.69, 9.17) is 11.4 Å². The highest BCUT2D eigenvalue weighted by Gasteiger charge is 2.59. The molecule has 0 radical (unpaired) electrons. The molecule has 0 spiro atoms. The van der Waals surface area contributed by atoms with Crippen molar-refractivity contribution in [2.75, 3.05) is 18.5 Å². The maximum absolute atomic E-state index is 12.7. The van der Waals surface area contributed by atoms with Crippen molar-refractivity contribution < 1.29 is 15.0 Å². The molecule has 5 unspecified atom stereocenters. The molecule has 0 saturated heterocycles. The first kappa shape index (κ1) is 22.7. The number of hydrogen-bond donors (Lipinski definition) is 4. The first-order chi connectivity index (χ1) is 15.3. The quantitative estimate of drug-likeness (QED) is 0.500. The third-order valence-electron chi connectivity index (χ3n) is 7.58. The Balaban J connectivity index is 1.74. The van der Waals surface area contributed by atoms with Gasteiger partial charge >= 0.3 is 0 Å². The standard InChI is InChI=1S/C24H30N4O3S/c1-4-9-26-20(31)11-16-21-17(32-22(28-21)27-15-6-5-10-25-13-15)12-18-23(16,2)8-7-19(30)24(18,3)14-29/h1,5-6,10,13,16,18-19,29-30H,7-9,11-12,14H2,2-3H3,(H,26,31)(H,27,28). The second kappa shape index (κ2) is 8.81. The van der Waals surface area contributed by atoms with Gasteiger partial charge in [0.2, 0.25) is 5.91 Å². The maximum atomic E-state index is 12.7. The molecule has 1 amide bonds. The molecule has 1 saturated carbocycles. The molecule has 2 aromatic heterocycles. The van der Waals surface area contributed by atoms with Crippen LogP contribution in [0.25, 0.3) is 0 Å². The van der Waals surface area contributed by atoms with Gasteiger partial charge in [-0.05, 0) is 42.7 Å². The van der Waals surface area contributed by atoms with E-state index in [0.717, 1.165) is 34.2 Å². The minimum atomic E-state index is -0.640. The van der Waals surface area contributed by atoms with Crippen LogP contribution in [0.3, 0.4) is 0 Å². The van der Waals surface area contributed by atoms with E-state index < -0.39 is 11.5 Å². The van der Waals surface area contributed by atoms with Gasteiger partial charge in [0.1, 0.15) is 0 Å². The van der Waals surface area contributed by atoms with E-state index in [1.807, 2.05) is 19.1 Å². The smallest absolute Gasteiger partial charge is 0.221 e. The lowest BCUT2D eigenvalue weighted by Gasteiger charge is -2.58. The highest BCUT2D eigenvalue weighted by molar-refractivity contribution is 7.15. The number of thiazole rings is 1. The minimum Gasteiger partial charge on any atom is -0.396 e. The van der Waals surface area contributed by atoms with Crippen molar-refractivity contribution in [1.82, 2.24) is 15.3 Å². The Bertz CT molecular complexity index is 1020. The summed E-state index contributed by atoms with van der Waals surface area (Å²) in [4.78, 5) is 22.9. The van der Waals surface area contributed by atoms with E-state index in [0.29, 0.717) is 6.42 Å². The fourth-order valence-corrected chi connectivity index (χ4v) is 6.76. The van der Waals surface area contributed by atoms with Crippen LogP contribution in [0.2, 0.25) is 0 Å². The summed E-state index contributed by atoms with van der Waals surface area (Å²) in [7, 11) is 0. The topological polar surface area (TPSA) is 107 Å². The second-order valence-corrected chi connectivity index (χ2v) is 10.5. The second-order valence-electron chi connectivity index (χ2n) is 9.41. The van der Waals surface area contributed by atoms with Crippen LogP contribution >= 0.6 is 11.3 Å². The van der Waals surface area contributed by atoms with E-state index >= 15 is 0 Å². The van der Waals surface area contributed by atoms with Crippen LogP contribution in [0.15, 0.2) is 24.5 Å². The van der Waals surface area contributed by atoms with E-state index in [-0.39, 0.29) is 42.7 Å². The molecule has 2 heterocycles. The number of anilines is 2. The van der Waals surface area contributed by atoms with Crippen molar-refractivity contribution >= 4 is 28.1 Å². The van der Waals surface area contributed by atoms with Crippen molar-refractivity contribution in [3.63, 3.8) is 0 Å². The molecule has 2 aliphatic rings. The molecule has 4 rings (SSSR count). The number of amides is 1. The predicted octanol–water partition coefficient (Wildman–Crippen LogP) is 2.84. The van der Waals surface area contributed by atoms with Gasteiger partial charge in [-0.1, -0.05) is 19.8 Å². The van der Waals surface area contributed by atoms with Crippen LogP contribution in [0, 0.1) is 29.1 Å². The molecule has 2 aliphatic carbocycles. The highest BCUT2D eigenvalue weighted by atomic mass is 32.1. The van der Waals surface area contributed by atoms with Crippen molar-refractivity contribution in [2.45, 2.75) is 51.6 Å². The van der Waals surface area contributed by atoms with Gasteiger partial charge in [0.15, 0.2) is 5.13 Å². The molecule has 7 nitrogen and oxygen atoms in total. The fraction of sp³-hybridized carbons (Fsp3) is 0.542. The minimum absolute atomic E-state index is 0.0216. The first-order valence-corrected chi connectivity index (χ1v) is 11.8. The van der Waals surface area contributed by atoms with E-state index in [1.165, 1.54) is 0 Å². The zero-order chi connectivity index (χ0) is 22.9. The number of rotatable bonds is 6. The molecule has 4 N–H and O–H groups in total. The molecular weight excluding hydrogens is 424 g/mol. The number of aliphatic hydroxyl groups excluding tert-OH is 2. The van der Waals surface area contributed by atoms with Gasteiger partial charge in [-0.3, -0.25) is 9.78 Å². The first-order valence-electron chi connectivity index (χ1n) is 11.0. The van der Waals surface area contributed by atoms with Crippen LogP contribution in [-0.4, -0.2) is 45.3 Å². The van der Waals surface area contributed by atoms with Gasteiger partial charge in [-0.25, -0.2) is 4.98 Å². The Morgan fingerprint density at radius 2 is 2.25 bits per heavy atom. The average Bonchev–Trinajstić information content (AvgIpc) is 3.19. The molecule has 5 atom stereocenters. The Hall–Kier alpha value is -2.47. The van der Waals surface area contributed by atoms with Gasteiger partial charge in [0, 0.05) is 28.8 Å². The van der Waals surface area contributed by atoms with Crippen LogP contribution in [-0.2, 0) is 11.2 Å². The number of aliphatic hydroxyl groups is 2. The summed E-state index contributed by atoms with van der Waals surface area (Å²) in [5, 5.41) is 28.0. The van der Waals surface area contributed by atoms with Gasteiger partial charge in [0.25, 0.3) is 0 Å². The Labute approximate surface area is 192 Å². The normalized spacial score (nSPS) is 31.2. The number of hydrogen-bond acceptors (Lipinski definition) is 7. The Kier molecular flexibility index (Phi) is 6.26. The number of terminal acetylenes is 1. The number of aromatic nitrogens is 2. The lowest BCUT2D eigenvalue weighted by Crippen LogP contribution is -2.57. The summed E-state index contributed by atoms with van der Waals surface area (Å²) < 4.78 is 0. The zero-order valence-electron chi connectivity index (χ0n) is 18.5. The van der Waals surface area contributed by atoms with E-state index in [9.17, 15) is 15.0 Å². The van der Waals surface area contributed by atoms with Gasteiger partial charge in [-0.2, -0.15) is 0 Å². The van der Waals surface area contributed by atoms with Crippen LogP contribution in [0.5, 0.6) is 0 Å². The van der Waals surface area contributed by atoms with Gasteiger partial charge in [-0.15, -0.1) is 17.8 Å². The number of pyridine rings is 1. The summed E-state index contributed by atoms with van der Waals surface area (Å²) in [5.41, 5.74) is 0.865. The van der Waals surface area contributed by atoms with E-state index in [2.05, 4.69) is 28.5 Å². The summed E-state index contributed by atoms with van der Waals surface area (Å²) in [5.74, 6) is 2.24. The molecule has 0 bridgehead atoms. The van der Waals surface area contributed by atoms with Gasteiger partial charge in [0.05, 0.1) is 36.8 Å². The Morgan fingerprint density at radius 1 is 1.44 bits per heavy atom. The fourth-order valence-electron chi connectivity index (χ4n) is 5.67. The number of nitrogens with zero attached hydrogens (tertiary/aromatic N) is 2. The van der Waals surface area contributed by atoms with Crippen molar-refractivity contribution in [3.8, 4) is 12.3 Å². The lowest BCUT2D eigenvalue weighted by molar-refractivity contribution is -0.144. The number of carbonyl (C=O) groups excluding carboxylic acids is 1. The Morgan fingerprint density at radius 3 is 2.94 bits per heavy atom. The van der Waals surface area contributed by atoms with Crippen LogP contribution in [0.1, 0.15) is 49.6 Å². The van der Waals surface area contributed by atoms with Crippen LogP contribution < -0.4 is 10.6 Å². The molecule has 32 heavy (non-hydrogen) atoms. The van der Waals surface area contributed by atoms with Gasteiger partial charge < -0.3 is 20.8 Å². The average molecular weight is 455 g/mol. The van der Waals surface area contributed by atoms with Crippen LogP contribution in [0.4, 0.5) is 10.8 Å². The summed E-state index contributed by atoms with van der Waals surface area (Å²) in [6, 6.07) is 3.79. The molecule has 0 aliphatic heterocycles. The molecule has 1 fully saturated rings. The molecule has 8 heteroatoms. The monoisotopic (exact) mass is 454 g/mol. The highest BCUT2D eigenvalue weighted by Crippen LogP contribution is 2.62. The summed E-state index contributed by atoms with van der Waals surface area (Å²) in [6.45, 7) is 4.25. The lowest BCUT2D eigenvalue weighted by atomic mass is 9.47. The summed E-state index contributed by atoms with van der Waals surface area (Å²) >= 11 is 1.57. The number of carbonyl (C=O) groups is 1. The van der Waals surface area contributed by atoms with Crippen molar-refractivity contribution in [1.29, 1.82) is 0 Å². The predicted molar refractivity (Wildman–Crippen MR) is 125 cm³/mol. The van der Waals surface area contributed by atoms with Crippen molar-refractivity contribution in [2.24, 2.45) is 16.7 Å². The molecule has 0 aromatic carbocycles. The number of fused-ring (bicyclic) bond motifs is 2. The third-order valence-corrected chi connectivity index (χ3v) is 8.59. The summed E-state index contributed by atoms with van der Waals surface area (Å²) in [6.07, 6.45) is 10.5.